The number of hydrogen-bond donors (Lipinski definition) is 1. The molecule has 1 aromatic heterocycles. The van der Waals surface area contributed by atoms with Gasteiger partial charge in [0.1, 0.15) is 5.82 Å². The van der Waals surface area contributed by atoms with Crippen LogP contribution in [0, 0.1) is 5.41 Å². The fourth-order valence-electron chi connectivity index (χ4n) is 3.09. The molecule has 0 radical (unpaired) electrons. The molecule has 1 fully saturated rings. The first-order valence-corrected chi connectivity index (χ1v) is 8.82. The third kappa shape index (κ3) is 3.60. The Morgan fingerprint density at radius 2 is 1.85 bits per heavy atom. The Balaban J connectivity index is 1.70. The van der Waals surface area contributed by atoms with E-state index in [1.807, 2.05) is 24.3 Å². The second-order valence-electron chi connectivity index (χ2n) is 7.85. The lowest BCUT2D eigenvalue weighted by Gasteiger charge is -2.34. The van der Waals surface area contributed by atoms with Crippen molar-refractivity contribution in [3.8, 4) is 5.88 Å². The SMILES string of the molecule is COc1cccc(NC(=O)c2ccc(B3CC(C)(C)C(C)(C)O3)cc2)n1. The molecule has 0 saturated carbocycles. The quantitative estimate of drug-likeness (QED) is 0.857. The first-order chi connectivity index (χ1) is 12.2. The van der Waals surface area contributed by atoms with E-state index in [-0.39, 0.29) is 23.8 Å². The van der Waals surface area contributed by atoms with Crippen molar-refractivity contribution in [1.29, 1.82) is 0 Å². The minimum Gasteiger partial charge on any atom is -0.481 e. The number of nitrogens with zero attached hydrogens (tertiary/aromatic N) is 1. The van der Waals surface area contributed by atoms with Crippen LogP contribution in [-0.2, 0) is 4.65 Å². The van der Waals surface area contributed by atoms with Gasteiger partial charge in [0.25, 0.3) is 5.91 Å². The van der Waals surface area contributed by atoms with Gasteiger partial charge in [-0.15, -0.1) is 0 Å². The summed E-state index contributed by atoms with van der Waals surface area (Å²) in [6.45, 7) is 8.79. The van der Waals surface area contributed by atoms with Crippen LogP contribution in [0.4, 0.5) is 5.82 Å². The zero-order valence-corrected chi connectivity index (χ0v) is 16.0. The number of hydrogen-bond acceptors (Lipinski definition) is 4. The number of pyridine rings is 1. The van der Waals surface area contributed by atoms with Gasteiger partial charge >= 0.3 is 6.92 Å². The molecule has 0 unspecified atom stereocenters. The van der Waals surface area contributed by atoms with Gasteiger partial charge in [0, 0.05) is 11.6 Å². The van der Waals surface area contributed by atoms with E-state index in [4.69, 9.17) is 9.39 Å². The lowest BCUT2D eigenvalue weighted by Crippen LogP contribution is -2.36. The predicted octanol–water partition coefficient (Wildman–Crippen LogP) is 3.38. The molecular weight excluding hydrogens is 327 g/mol. The van der Waals surface area contributed by atoms with Gasteiger partial charge in [-0.25, -0.2) is 0 Å². The molecule has 0 spiro atoms. The summed E-state index contributed by atoms with van der Waals surface area (Å²) in [5.41, 5.74) is 1.60. The van der Waals surface area contributed by atoms with Crippen molar-refractivity contribution < 1.29 is 14.2 Å². The maximum Gasteiger partial charge on any atom is 0.327 e. The summed E-state index contributed by atoms with van der Waals surface area (Å²) in [6, 6.07) is 12.8. The van der Waals surface area contributed by atoms with Crippen LogP contribution < -0.4 is 15.5 Å². The average molecular weight is 352 g/mol. The van der Waals surface area contributed by atoms with Crippen molar-refractivity contribution >= 4 is 24.1 Å². The van der Waals surface area contributed by atoms with Gasteiger partial charge in [-0.2, -0.15) is 4.98 Å². The summed E-state index contributed by atoms with van der Waals surface area (Å²) >= 11 is 0. The molecule has 1 aliphatic heterocycles. The van der Waals surface area contributed by atoms with Crippen LogP contribution in [0.2, 0.25) is 6.32 Å². The molecule has 1 aliphatic rings. The van der Waals surface area contributed by atoms with Gasteiger partial charge in [0.15, 0.2) is 0 Å². The fourth-order valence-corrected chi connectivity index (χ4v) is 3.09. The number of rotatable bonds is 4. The summed E-state index contributed by atoms with van der Waals surface area (Å²) in [7, 11) is 1.54. The Hall–Kier alpha value is -2.34. The first-order valence-electron chi connectivity index (χ1n) is 8.82. The van der Waals surface area contributed by atoms with Crippen LogP contribution in [0.1, 0.15) is 38.1 Å². The van der Waals surface area contributed by atoms with Crippen molar-refractivity contribution in [2.24, 2.45) is 5.41 Å². The largest absolute Gasteiger partial charge is 0.481 e. The number of amides is 1. The highest BCUT2D eigenvalue weighted by molar-refractivity contribution is 6.68. The Morgan fingerprint density at radius 1 is 1.15 bits per heavy atom. The summed E-state index contributed by atoms with van der Waals surface area (Å²) in [6.07, 6.45) is 0.958. The summed E-state index contributed by atoms with van der Waals surface area (Å²) in [4.78, 5) is 16.6. The number of benzene rings is 1. The Kier molecular flexibility index (Phi) is 4.80. The van der Waals surface area contributed by atoms with Crippen LogP contribution in [0.15, 0.2) is 42.5 Å². The molecule has 3 rings (SSSR count). The molecule has 26 heavy (non-hydrogen) atoms. The van der Waals surface area contributed by atoms with Crippen molar-refractivity contribution in [3.63, 3.8) is 0 Å². The highest BCUT2D eigenvalue weighted by Crippen LogP contribution is 2.45. The van der Waals surface area contributed by atoms with Gasteiger partial charge in [0.05, 0.1) is 12.7 Å². The number of nitrogens with one attached hydrogen (secondary N) is 1. The van der Waals surface area contributed by atoms with Crippen molar-refractivity contribution in [3.05, 3.63) is 48.0 Å². The van der Waals surface area contributed by atoms with Gasteiger partial charge in [-0.3, -0.25) is 4.79 Å². The van der Waals surface area contributed by atoms with Crippen molar-refractivity contribution in [2.75, 3.05) is 12.4 Å². The third-order valence-electron chi connectivity index (χ3n) is 5.48. The Labute approximate surface area is 155 Å². The number of carbonyl (C=O) groups is 1. The van der Waals surface area contributed by atoms with E-state index in [2.05, 4.69) is 38.0 Å². The standard InChI is InChI=1S/C20H25BN2O3/c1-19(2)13-21(26-20(19,3)4)15-11-9-14(10-12-15)18(24)23-16-7-6-8-17(22-16)25-5/h6-12H,13H2,1-5H3,(H,22,23,24). The van der Waals surface area contributed by atoms with Crippen LogP contribution in [-0.4, -0.2) is 30.5 Å². The monoisotopic (exact) mass is 352 g/mol. The molecule has 6 heteroatoms. The van der Waals surface area contributed by atoms with E-state index in [1.54, 1.807) is 25.3 Å². The lowest BCUT2D eigenvalue weighted by molar-refractivity contribution is 0.0375. The lowest BCUT2D eigenvalue weighted by atomic mass is 9.54. The maximum absolute atomic E-state index is 12.4. The highest BCUT2D eigenvalue weighted by atomic mass is 16.5. The molecule has 5 nitrogen and oxygen atoms in total. The number of methoxy groups -OCH3 is 1. The second kappa shape index (κ2) is 6.76. The highest BCUT2D eigenvalue weighted by Gasteiger charge is 2.49. The smallest absolute Gasteiger partial charge is 0.327 e. The average Bonchev–Trinajstić information content (AvgIpc) is 2.83. The number of anilines is 1. The van der Waals surface area contributed by atoms with Crippen LogP contribution in [0.5, 0.6) is 5.88 Å². The van der Waals surface area contributed by atoms with Crippen LogP contribution >= 0.6 is 0 Å². The van der Waals surface area contributed by atoms with Gasteiger partial charge < -0.3 is 14.7 Å². The molecule has 1 saturated heterocycles. The topological polar surface area (TPSA) is 60.5 Å². The molecule has 1 aromatic carbocycles. The van der Waals surface area contributed by atoms with Crippen molar-refractivity contribution in [2.45, 2.75) is 39.6 Å². The molecule has 0 bridgehead atoms. The number of ether oxygens (including phenoxy) is 1. The molecule has 0 aliphatic carbocycles. The molecule has 2 heterocycles. The van der Waals surface area contributed by atoms with Crippen LogP contribution in [0.3, 0.4) is 0 Å². The van der Waals surface area contributed by atoms with E-state index in [0.717, 1.165) is 11.8 Å². The third-order valence-corrected chi connectivity index (χ3v) is 5.48. The number of aromatic nitrogens is 1. The molecule has 136 valence electrons. The van der Waals surface area contributed by atoms with Gasteiger partial charge in [0.2, 0.25) is 5.88 Å². The summed E-state index contributed by atoms with van der Waals surface area (Å²) in [5, 5.41) is 2.79. The van der Waals surface area contributed by atoms with Crippen molar-refractivity contribution in [1.82, 2.24) is 4.98 Å². The Bertz CT molecular complexity index is 787. The fraction of sp³-hybridized carbons (Fsp3) is 0.400. The van der Waals surface area contributed by atoms with Gasteiger partial charge in [-0.1, -0.05) is 32.0 Å². The Morgan fingerprint density at radius 3 is 2.42 bits per heavy atom. The second-order valence-corrected chi connectivity index (χ2v) is 7.85. The maximum atomic E-state index is 12.4. The zero-order chi connectivity index (χ0) is 18.9. The molecule has 0 atom stereocenters. The van der Waals surface area contributed by atoms with E-state index >= 15 is 0 Å². The summed E-state index contributed by atoms with van der Waals surface area (Å²) < 4.78 is 11.3. The molecule has 2 aromatic rings. The minimum absolute atomic E-state index is 0.0529. The molecule has 1 N–H and O–H groups in total. The number of carbonyl (C=O) groups excluding carboxylic acids is 1. The van der Waals surface area contributed by atoms with E-state index < -0.39 is 0 Å². The van der Waals surface area contributed by atoms with Gasteiger partial charge in [-0.05, 0) is 49.2 Å². The molecule has 1 amide bonds. The zero-order valence-electron chi connectivity index (χ0n) is 16.0. The predicted molar refractivity (Wildman–Crippen MR) is 104 cm³/mol. The van der Waals surface area contributed by atoms with E-state index in [0.29, 0.717) is 17.3 Å². The van der Waals surface area contributed by atoms with E-state index in [1.165, 1.54) is 0 Å². The minimum atomic E-state index is -0.203. The first kappa shape index (κ1) is 18.5. The summed E-state index contributed by atoms with van der Waals surface area (Å²) in [5.74, 6) is 0.716. The normalized spacial score (nSPS) is 17.8. The van der Waals surface area contributed by atoms with E-state index in [9.17, 15) is 4.79 Å². The molecular formula is C20H25BN2O3. The van der Waals surface area contributed by atoms with Crippen LogP contribution in [0.25, 0.3) is 0 Å².